The van der Waals surface area contributed by atoms with E-state index in [1.165, 1.54) is 28.4 Å². The molecule has 0 unspecified atom stereocenters. The number of aryl methyl sites for hydroxylation is 1. The Hall–Kier alpha value is -3.17. The Labute approximate surface area is 195 Å². The van der Waals surface area contributed by atoms with Crippen molar-refractivity contribution in [1.29, 1.82) is 0 Å². The molecule has 0 radical (unpaired) electrons. The molecule has 0 spiro atoms. The molecular weight excluding hydrogens is 461 g/mol. The summed E-state index contributed by atoms with van der Waals surface area (Å²) in [5.41, 5.74) is 2.24. The van der Waals surface area contributed by atoms with E-state index in [1.54, 1.807) is 48.7 Å². The number of carbonyl (C=O) groups excluding carboxylic acids is 1. The van der Waals surface area contributed by atoms with Gasteiger partial charge in [0.2, 0.25) is 5.91 Å². The summed E-state index contributed by atoms with van der Waals surface area (Å²) in [6, 6.07) is 16.4. The number of nitrogens with zero attached hydrogens (tertiary/aromatic N) is 3. The van der Waals surface area contributed by atoms with Gasteiger partial charge < -0.3 is 0 Å². The summed E-state index contributed by atoms with van der Waals surface area (Å²) < 4.78 is 39.5. The second kappa shape index (κ2) is 9.76. The van der Waals surface area contributed by atoms with Crippen molar-refractivity contribution >= 4 is 42.4 Å². The lowest BCUT2D eigenvalue weighted by atomic mass is 10.2. The molecule has 0 saturated heterocycles. The molecule has 9 heteroatoms. The lowest BCUT2D eigenvalue weighted by Crippen LogP contribution is -2.30. The van der Waals surface area contributed by atoms with Crippen LogP contribution >= 0.6 is 11.3 Å². The average molecular weight is 484 g/mol. The van der Waals surface area contributed by atoms with Gasteiger partial charge in [-0.25, -0.2) is 17.8 Å². The van der Waals surface area contributed by atoms with Crippen LogP contribution in [0.2, 0.25) is 0 Å². The highest BCUT2D eigenvalue weighted by Crippen LogP contribution is 2.31. The monoisotopic (exact) mass is 483 g/mol. The van der Waals surface area contributed by atoms with Crippen molar-refractivity contribution in [1.82, 2.24) is 9.97 Å². The van der Waals surface area contributed by atoms with Crippen LogP contribution in [0.4, 0.5) is 9.52 Å². The second-order valence-electron chi connectivity index (χ2n) is 7.64. The van der Waals surface area contributed by atoms with E-state index in [-0.39, 0.29) is 41.8 Å². The van der Waals surface area contributed by atoms with Crippen molar-refractivity contribution in [2.45, 2.75) is 31.2 Å². The van der Waals surface area contributed by atoms with Gasteiger partial charge in [0.25, 0.3) is 0 Å². The first-order valence-electron chi connectivity index (χ1n) is 10.4. The molecule has 0 atom stereocenters. The van der Waals surface area contributed by atoms with Crippen LogP contribution in [0, 0.1) is 12.7 Å². The summed E-state index contributed by atoms with van der Waals surface area (Å²) in [7, 11) is -3.48. The summed E-state index contributed by atoms with van der Waals surface area (Å²) in [5.74, 6) is -0.773. The van der Waals surface area contributed by atoms with Gasteiger partial charge in [-0.05, 0) is 55.8 Å². The van der Waals surface area contributed by atoms with Crippen LogP contribution in [0.25, 0.3) is 10.2 Å². The van der Waals surface area contributed by atoms with E-state index in [9.17, 15) is 17.6 Å². The molecule has 4 aromatic rings. The van der Waals surface area contributed by atoms with Gasteiger partial charge in [-0.3, -0.25) is 14.7 Å². The van der Waals surface area contributed by atoms with E-state index in [1.807, 2.05) is 13.0 Å². The Kier molecular flexibility index (Phi) is 6.80. The second-order valence-corrected chi connectivity index (χ2v) is 10.8. The number of benzene rings is 2. The predicted molar refractivity (Wildman–Crippen MR) is 127 cm³/mol. The molecule has 33 heavy (non-hydrogen) atoms. The third-order valence-electron chi connectivity index (χ3n) is 5.10. The summed E-state index contributed by atoms with van der Waals surface area (Å²) in [6.45, 7) is 2.08. The maximum Gasteiger partial charge on any atom is 0.229 e. The summed E-state index contributed by atoms with van der Waals surface area (Å²) in [5, 5.41) is 0.424. The zero-order valence-electron chi connectivity index (χ0n) is 17.9. The van der Waals surface area contributed by atoms with E-state index < -0.39 is 9.84 Å². The molecule has 0 aliphatic carbocycles. The van der Waals surface area contributed by atoms with E-state index in [2.05, 4.69) is 9.97 Å². The van der Waals surface area contributed by atoms with Crippen LogP contribution in [0.3, 0.4) is 0 Å². The highest BCUT2D eigenvalue weighted by molar-refractivity contribution is 7.91. The minimum atomic E-state index is -3.48. The number of fused-ring (bicyclic) bond motifs is 1. The van der Waals surface area contributed by atoms with E-state index in [4.69, 9.17) is 0 Å². The molecule has 4 rings (SSSR count). The fourth-order valence-corrected chi connectivity index (χ4v) is 5.65. The molecule has 2 aromatic carbocycles. The molecule has 0 saturated carbocycles. The first kappa shape index (κ1) is 23.0. The molecule has 6 nitrogen and oxygen atoms in total. The molecule has 0 N–H and O–H groups in total. The molecule has 0 aliphatic heterocycles. The van der Waals surface area contributed by atoms with Gasteiger partial charge in [0.15, 0.2) is 15.0 Å². The summed E-state index contributed by atoms with van der Waals surface area (Å²) in [4.78, 5) is 23.7. The van der Waals surface area contributed by atoms with Gasteiger partial charge in [-0.1, -0.05) is 35.1 Å². The van der Waals surface area contributed by atoms with Crippen LogP contribution in [0.5, 0.6) is 0 Å². The number of pyridine rings is 1. The highest BCUT2D eigenvalue weighted by atomic mass is 32.2. The summed E-state index contributed by atoms with van der Waals surface area (Å²) in [6.07, 6.45) is 1.84. The van der Waals surface area contributed by atoms with Crippen LogP contribution in [-0.4, -0.2) is 30.0 Å². The number of sulfone groups is 1. The fourth-order valence-electron chi connectivity index (χ4n) is 3.33. The van der Waals surface area contributed by atoms with E-state index in [0.717, 1.165) is 5.56 Å². The normalized spacial score (nSPS) is 11.6. The third kappa shape index (κ3) is 5.61. The van der Waals surface area contributed by atoms with Crippen LogP contribution in [0.1, 0.15) is 24.1 Å². The number of amides is 1. The number of carbonyl (C=O) groups is 1. The Morgan fingerprint density at radius 1 is 1.09 bits per heavy atom. The maximum absolute atomic E-state index is 13.6. The first-order chi connectivity index (χ1) is 15.8. The topological polar surface area (TPSA) is 80.2 Å². The molecule has 1 amide bonds. The van der Waals surface area contributed by atoms with Crippen molar-refractivity contribution in [2.24, 2.45) is 0 Å². The van der Waals surface area contributed by atoms with E-state index >= 15 is 0 Å². The van der Waals surface area contributed by atoms with Crippen molar-refractivity contribution < 1.29 is 17.6 Å². The predicted octanol–water partition coefficient (Wildman–Crippen LogP) is 4.93. The molecule has 0 bridgehead atoms. The molecule has 0 fully saturated rings. The van der Waals surface area contributed by atoms with Gasteiger partial charge in [-0.2, -0.15) is 0 Å². The molecule has 0 aliphatic rings. The quantitative estimate of drug-likeness (QED) is 0.355. The number of hydrogen-bond donors (Lipinski definition) is 0. The largest absolute Gasteiger partial charge is 0.282 e. The summed E-state index contributed by atoms with van der Waals surface area (Å²) >= 11 is 1.21. The number of anilines is 1. The van der Waals surface area contributed by atoms with Crippen molar-refractivity contribution in [3.05, 3.63) is 83.9 Å². The van der Waals surface area contributed by atoms with Crippen molar-refractivity contribution in [3.8, 4) is 0 Å². The van der Waals surface area contributed by atoms with Crippen LogP contribution in [0.15, 0.2) is 71.8 Å². The smallest absolute Gasteiger partial charge is 0.229 e. The van der Waals surface area contributed by atoms with Gasteiger partial charge in [0.1, 0.15) is 5.82 Å². The molecule has 170 valence electrons. The third-order valence-corrected chi connectivity index (χ3v) is 7.96. The SMILES string of the molecule is Cc1ccc(S(=O)(=O)CCCC(=O)N(Cc2ccccn2)c2nc3ccc(F)cc3s2)cc1. The Balaban J connectivity index is 1.52. The van der Waals surface area contributed by atoms with Gasteiger partial charge >= 0.3 is 0 Å². The van der Waals surface area contributed by atoms with Crippen molar-refractivity contribution in [2.75, 3.05) is 10.7 Å². The van der Waals surface area contributed by atoms with Crippen LogP contribution < -0.4 is 4.90 Å². The van der Waals surface area contributed by atoms with Gasteiger partial charge in [-0.15, -0.1) is 0 Å². The lowest BCUT2D eigenvalue weighted by molar-refractivity contribution is -0.118. The number of thiazole rings is 1. The van der Waals surface area contributed by atoms with E-state index in [0.29, 0.717) is 21.0 Å². The number of halogens is 1. The lowest BCUT2D eigenvalue weighted by Gasteiger charge is -2.19. The zero-order chi connectivity index (χ0) is 23.4. The number of rotatable bonds is 8. The number of aromatic nitrogens is 2. The molecular formula is C24H22FN3O3S2. The zero-order valence-corrected chi connectivity index (χ0v) is 19.6. The minimum Gasteiger partial charge on any atom is -0.282 e. The standard InChI is InChI=1S/C24H22FN3O3S2/c1-17-7-10-20(11-8-17)33(30,31)14-4-6-23(29)28(16-19-5-2-3-13-26-19)24-27-21-12-9-18(25)15-22(21)32-24/h2-3,5,7-13,15H,4,6,14,16H2,1H3. The molecule has 2 aromatic heterocycles. The van der Waals surface area contributed by atoms with Gasteiger partial charge in [0.05, 0.1) is 33.1 Å². The fraction of sp³-hybridized carbons (Fsp3) is 0.208. The Bertz CT molecular complexity index is 1370. The Morgan fingerprint density at radius 2 is 1.88 bits per heavy atom. The van der Waals surface area contributed by atoms with Crippen LogP contribution in [-0.2, 0) is 21.2 Å². The average Bonchev–Trinajstić information content (AvgIpc) is 3.21. The maximum atomic E-state index is 13.6. The number of hydrogen-bond acceptors (Lipinski definition) is 6. The minimum absolute atomic E-state index is 0.0300. The Morgan fingerprint density at radius 3 is 2.61 bits per heavy atom. The van der Waals surface area contributed by atoms with Crippen molar-refractivity contribution in [3.63, 3.8) is 0 Å². The van der Waals surface area contributed by atoms with Gasteiger partial charge in [0, 0.05) is 12.6 Å². The highest BCUT2D eigenvalue weighted by Gasteiger charge is 2.22. The first-order valence-corrected chi connectivity index (χ1v) is 12.8. The molecule has 2 heterocycles.